The fourth-order valence-electron chi connectivity index (χ4n) is 2.31. The van der Waals surface area contributed by atoms with Gasteiger partial charge < -0.3 is 21.3 Å². The van der Waals surface area contributed by atoms with Crippen LogP contribution in [-0.2, 0) is 26.2 Å². The van der Waals surface area contributed by atoms with Crippen LogP contribution < -0.4 is 0 Å². The summed E-state index contributed by atoms with van der Waals surface area (Å²) in [6, 6.07) is 39.5. The summed E-state index contributed by atoms with van der Waals surface area (Å²) in [5, 5.41) is 15.9. The predicted molar refractivity (Wildman–Crippen MR) is 142 cm³/mol. The molecule has 0 heterocycles. The molecule has 0 spiro atoms. The standard InChI is InChI=1S/4C7H8N.Zr/c4*1-8-7-5-3-2-4-6-7;/h4*2-6H,1H3;/q4*-1;+4. The second-order valence-corrected chi connectivity index (χ2v) is 6.24. The van der Waals surface area contributed by atoms with Gasteiger partial charge in [-0.2, -0.15) is 0 Å². The Morgan fingerprint density at radius 2 is 0.455 bits per heavy atom. The maximum atomic E-state index is 3.97. The van der Waals surface area contributed by atoms with Crippen molar-refractivity contribution in [3.63, 3.8) is 0 Å². The smallest absolute Gasteiger partial charge is 0.687 e. The van der Waals surface area contributed by atoms with E-state index in [1.165, 1.54) is 0 Å². The molecule has 4 aromatic carbocycles. The molecule has 4 aromatic rings. The third kappa shape index (κ3) is 15.4. The van der Waals surface area contributed by atoms with E-state index in [2.05, 4.69) is 21.3 Å². The van der Waals surface area contributed by atoms with Crippen LogP contribution in [0.5, 0.6) is 0 Å². The van der Waals surface area contributed by atoms with Crippen molar-refractivity contribution in [3.8, 4) is 0 Å². The van der Waals surface area contributed by atoms with Crippen LogP contribution in [0, 0.1) is 0 Å². The zero-order valence-corrected chi connectivity index (χ0v) is 22.3. The average molecular weight is 516 g/mol. The summed E-state index contributed by atoms with van der Waals surface area (Å²) in [5.74, 6) is 0. The Balaban J connectivity index is 0.000000410. The minimum atomic E-state index is 0. The van der Waals surface area contributed by atoms with E-state index in [4.69, 9.17) is 0 Å². The van der Waals surface area contributed by atoms with Gasteiger partial charge in [-0.1, -0.05) is 121 Å². The van der Waals surface area contributed by atoms with Gasteiger partial charge >= 0.3 is 26.2 Å². The molecular weight excluding hydrogens is 484 g/mol. The molecule has 0 saturated carbocycles. The Labute approximate surface area is 219 Å². The van der Waals surface area contributed by atoms with Crippen LogP contribution in [0.4, 0.5) is 22.7 Å². The molecule has 4 nitrogen and oxygen atoms in total. The molecule has 0 atom stereocenters. The molecule has 0 N–H and O–H groups in total. The summed E-state index contributed by atoms with van der Waals surface area (Å²) < 4.78 is 0. The van der Waals surface area contributed by atoms with Gasteiger partial charge in [-0.05, 0) is 0 Å². The molecule has 4 rings (SSSR count). The van der Waals surface area contributed by atoms with Crippen molar-refractivity contribution in [2.24, 2.45) is 0 Å². The minimum Gasteiger partial charge on any atom is -0.687 e. The van der Waals surface area contributed by atoms with Gasteiger partial charge in [-0.25, -0.2) is 0 Å². The first-order chi connectivity index (χ1) is 15.7. The predicted octanol–water partition coefficient (Wildman–Crippen LogP) is 9.28. The van der Waals surface area contributed by atoms with E-state index >= 15 is 0 Å². The normalized spacial score (nSPS) is 8.36. The summed E-state index contributed by atoms with van der Waals surface area (Å²) >= 11 is 0. The van der Waals surface area contributed by atoms with Gasteiger partial charge in [0, 0.05) is 0 Å². The minimum absolute atomic E-state index is 0. The monoisotopic (exact) mass is 514 g/mol. The maximum Gasteiger partial charge on any atom is 4.00 e. The van der Waals surface area contributed by atoms with Gasteiger partial charge in [0.2, 0.25) is 0 Å². The van der Waals surface area contributed by atoms with Crippen LogP contribution in [0.1, 0.15) is 0 Å². The number of hydrogen-bond donors (Lipinski definition) is 0. The Morgan fingerprint density at radius 3 is 0.545 bits per heavy atom. The van der Waals surface area contributed by atoms with Gasteiger partial charge in [0.1, 0.15) is 0 Å². The molecule has 33 heavy (non-hydrogen) atoms. The summed E-state index contributed by atoms with van der Waals surface area (Å²) in [6.45, 7) is 0. The fraction of sp³-hybridized carbons (Fsp3) is 0.143. The first-order valence-corrected chi connectivity index (χ1v) is 10.3. The molecule has 5 heteroatoms. The van der Waals surface area contributed by atoms with E-state index in [0.29, 0.717) is 0 Å². The van der Waals surface area contributed by atoms with E-state index in [0.717, 1.165) is 22.7 Å². The van der Waals surface area contributed by atoms with Crippen molar-refractivity contribution in [3.05, 3.63) is 143 Å². The summed E-state index contributed by atoms with van der Waals surface area (Å²) in [7, 11) is 7.15. The molecule has 168 valence electrons. The van der Waals surface area contributed by atoms with Crippen molar-refractivity contribution in [2.75, 3.05) is 28.2 Å². The molecule has 0 bridgehead atoms. The van der Waals surface area contributed by atoms with Crippen LogP contribution in [0.25, 0.3) is 21.3 Å². The first-order valence-electron chi connectivity index (χ1n) is 10.3. The zero-order valence-electron chi connectivity index (χ0n) is 19.8. The zero-order chi connectivity index (χ0) is 23.3. The molecule has 0 aliphatic rings. The summed E-state index contributed by atoms with van der Waals surface area (Å²) in [6.07, 6.45) is 0. The molecule has 0 amide bonds. The van der Waals surface area contributed by atoms with Crippen molar-refractivity contribution in [1.29, 1.82) is 0 Å². The van der Waals surface area contributed by atoms with E-state index in [1.54, 1.807) is 28.2 Å². The first kappa shape index (κ1) is 30.0. The Bertz CT molecular complexity index is 747. The molecule has 0 unspecified atom stereocenters. The van der Waals surface area contributed by atoms with Crippen molar-refractivity contribution in [1.82, 2.24) is 0 Å². The van der Waals surface area contributed by atoms with Crippen molar-refractivity contribution < 1.29 is 26.2 Å². The maximum absolute atomic E-state index is 3.97. The van der Waals surface area contributed by atoms with Gasteiger partial charge in [0.25, 0.3) is 0 Å². The molecular formula is C28H32N4Zr. The number of nitrogens with zero attached hydrogens (tertiary/aromatic N) is 4. The van der Waals surface area contributed by atoms with Gasteiger partial charge in [-0.3, -0.25) is 0 Å². The Morgan fingerprint density at radius 1 is 0.303 bits per heavy atom. The Kier molecular flexibility index (Phi) is 18.9. The SMILES string of the molecule is C[N-]c1ccccc1.C[N-]c1ccccc1.C[N-]c1ccccc1.C[N-]c1ccccc1.[Zr+4]. The van der Waals surface area contributed by atoms with E-state index in [-0.39, 0.29) is 26.2 Å². The largest absolute Gasteiger partial charge is 4.00 e. The molecule has 0 aromatic heterocycles. The number of para-hydroxylation sites is 4. The van der Waals surface area contributed by atoms with Gasteiger partial charge in [-0.15, -0.1) is 50.9 Å². The number of rotatable bonds is 4. The number of benzene rings is 4. The third-order valence-corrected chi connectivity index (χ3v) is 4.06. The quantitative estimate of drug-likeness (QED) is 0.260. The molecule has 0 aliphatic carbocycles. The third-order valence-electron chi connectivity index (χ3n) is 4.06. The van der Waals surface area contributed by atoms with Crippen LogP contribution in [0.15, 0.2) is 121 Å². The molecule has 0 radical (unpaired) electrons. The van der Waals surface area contributed by atoms with Crippen LogP contribution in [0.2, 0.25) is 0 Å². The molecule has 0 saturated heterocycles. The van der Waals surface area contributed by atoms with E-state index in [9.17, 15) is 0 Å². The molecule has 0 fully saturated rings. The van der Waals surface area contributed by atoms with Crippen LogP contribution in [0.3, 0.4) is 0 Å². The van der Waals surface area contributed by atoms with Crippen molar-refractivity contribution >= 4 is 22.7 Å². The van der Waals surface area contributed by atoms with Gasteiger partial charge in [0.15, 0.2) is 0 Å². The van der Waals surface area contributed by atoms with E-state index in [1.807, 2.05) is 121 Å². The number of hydrogen-bond acceptors (Lipinski definition) is 0. The second kappa shape index (κ2) is 20.8. The van der Waals surface area contributed by atoms with Crippen molar-refractivity contribution in [2.45, 2.75) is 0 Å². The van der Waals surface area contributed by atoms with Crippen LogP contribution >= 0.6 is 0 Å². The summed E-state index contributed by atoms with van der Waals surface area (Å²) in [5.41, 5.74) is 4.14. The van der Waals surface area contributed by atoms with Gasteiger partial charge in [0.05, 0.1) is 0 Å². The Hall–Kier alpha value is -3.04. The van der Waals surface area contributed by atoms with E-state index < -0.39 is 0 Å². The molecule has 0 aliphatic heterocycles. The second-order valence-electron chi connectivity index (χ2n) is 6.24. The average Bonchev–Trinajstić information content (AvgIpc) is 2.91. The fourth-order valence-corrected chi connectivity index (χ4v) is 2.31. The van der Waals surface area contributed by atoms with Crippen LogP contribution in [-0.4, -0.2) is 28.2 Å². The summed E-state index contributed by atoms with van der Waals surface area (Å²) in [4.78, 5) is 0. The topological polar surface area (TPSA) is 56.4 Å².